The number of carbonyl (C=O) groups is 2. The van der Waals surface area contributed by atoms with Crippen LogP contribution in [0.4, 0.5) is 10.5 Å². The Morgan fingerprint density at radius 3 is 2.77 bits per heavy atom. The third-order valence-electron chi connectivity index (χ3n) is 4.77. The van der Waals surface area contributed by atoms with Gasteiger partial charge in [-0.2, -0.15) is 0 Å². The van der Waals surface area contributed by atoms with Gasteiger partial charge in [0.1, 0.15) is 0 Å². The van der Waals surface area contributed by atoms with E-state index in [0.717, 1.165) is 23.4 Å². The molecule has 0 saturated heterocycles. The lowest BCUT2D eigenvalue weighted by Crippen LogP contribution is -2.40. The van der Waals surface area contributed by atoms with Crippen molar-refractivity contribution in [2.24, 2.45) is 5.73 Å². The monoisotopic (exact) mass is 371 g/mol. The molecule has 3 rings (SSSR count). The summed E-state index contributed by atoms with van der Waals surface area (Å²) in [5.74, 6) is 0.477. The number of anilines is 1. The second-order valence-corrected chi connectivity index (χ2v) is 7.95. The van der Waals surface area contributed by atoms with E-state index in [4.69, 9.17) is 5.73 Å². The first kappa shape index (κ1) is 18.5. The van der Waals surface area contributed by atoms with Gasteiger partial charge in [-0.25, -0.2) is 4.79 Å². The minimum absolute atomic E-state index is 0.00963. The van der Waals surface area contributed by atoms with Crippen LogP contribution >= 0.6 is 11.3 Å². The van der Waals surface area contributed by atoms with Crippen molar-refractivity contribution in [3.05, 3.63) is 51.7 Å². The van der Waals surface area contributed by atoms with Gasteiger partial charge < -0.3 is 16.0 Å². The number of fused-ring (bicyclic) bond motifs is 1. The summed E-state index contributed by atoms with van der Waals surface area (Å²) in [5, 5.41) is 4.63. The van der Waals surface area contributed by atoms with Gasteiger partial charge in [0.25, 0.3) is 0 Å². The predicted molar refractivity (Wildman–Crippen MR) is 106 cm³/mol. The number of primary amides is 1. The fourth-order valence-corrected chi connectivity index (χ4v) is 4.18. The van der Waals surface area contributed by atoms with Crippen molar-refractivity contribution < 1.29 is 9.59 Å². The molecule has 138 valence electrons. The number of amides is 3. The smallest absolute Gasteiger partial charge is 0.312 e. The summed E-state index contributed by atoms with van der Waals surface area (Å²) in [6, 6.07) is 9.20. The summed E-state index contributed by atoms with van der Waals surface area (Å²) in [7, 11) is 0. The molecule has 2 aromatic rings. The van der Waals surface area contributed by atoms with E-state index in [0.29, 0.717) is 12.5 Å². The number of urea groups is 1. The van der Waals surface area contributed by atoms with E-state index in [9.17, 15) is 9.59 Å². The molecule has 1 atom stereocenters. The third kappa shape index (κ3) is 4.07. The molecule has 5 nitrogen and oxygen atoms in total. The Labute approximate surface area is 158 Å². The molecule has 0 spiro atoms. The number of nitrogens with zero attached hydrogens (tertiary/aromatic N) is 1. The lowest BCUT2D eigenvalue weighted by molar-refractivity contribution is -0.119. The molecular formula is C20H25N3O2S. The van der Waals surface area contributed by atoms with E-state index < -0.39 is 6.03 Å². The fourth-order valence-electron chi connectivity index (χ4n) is 3.40. The molecule has 6 heteroatoms. The second kappa shape index (κ2) is 7.91. The molecule has 1 aromatic heterocycles. The minimum Gasteiger partial charge on any atom is -0.352 e. The van der Waals surface area contributed by atoms with Crippen LogP contribution in [0, 0.1) is 0 Å². The van der Waals surface area contributed by atoms with E-state index >= 15 is 0 Å². The van der Waals surface area contributed by atoms with Crippen molar-refractivity contribution in [2.45, 2.75) is 45.1 Å². The van der Waals surface area contributed by atoms with Crippen molar-refractivity contribution in [1.29, 1.82) is 0 Å². The number of thiophene rings is 1. The number of hydrogen-bond donors (Lipinski definition) is 2. The summed E-state index contributed by atoms with van der Waals surface area (Å²) in [6.45, 7) is 5.06. The fraction of sp³-hybridized carbons (Fsp3) is 0.400. The van der Waals surface area contributed by atoms with Gasteiger partial charge >= 0.3 is 6.03 Å². The number of carbonyl (C=O) groups excluding carboxylic acids is 2. The van der Waals surface area contributed by atoms with Gasteiger partial charge in [-0.15, -0.1) is 11.3 Å². The standard InChI is InChI=1S/C20H25N3O2S/c1-13(2)14-7-8-17-15(11-14)5-3-9-23(17)19(24)12-16(22-20(21)25)18-6-4-10-26-18/h4,6-8,10-11,13,16H,3,5,9,12H2,1-2H3,(H3,21,22,25). The molecule has 0 fully saturated rings. The minimum atomic E-state index is -0.614. The van der Waals surface area contributed by atoms with Gasteiger partial charge in [-0.1, -0.05) is 32.0 Å². The van der Waals surface area contributed by atoms with Gasteiger partial charge in [0.2, 0.25) is 5.91 Å². The van der Waals surface area contributed by atoms with Crippen LogP contribution in [0.3, 0.4) is 0 Å². The van der Waals surface area contributed by atoms with Gasteiger partial charge in [-0.05, 0) is 47.4 Å². The maximum atomic E-state index is 13.0. The zero-order chi connectivity index (χ0) is 18.7. The van der Waals surface area contributed by atoms with Crippen molar-refractivity contribution in [2.75, 3.05) is 11.4 Å². The Hall–Kier alpha value is -2.34. The Bertz CT molecular complexity index is 786. The van der Waals surface area contributed by atoms with Crippen molar-refractivity contribution in [3.8, 4) is 0 Å². The van der Waals surface area contributed by atoms with Crippen LogP contribution in [0.25, 0.3) is 0 Å². The van der Waals surface area contributed by atoms with Crippen LogP contribution in [-0.4, -0.2) is 18.5 Å². The highest BCUT2D eigenvalue weighted by atomic mass is 32.1. The van der Waals surface area contributed by atoms with E-state index in [1.807, 2.05) is 22.4 Å². The Kier molecular flexibility index (Phi) is 5.61. The van der Waals surface area contributed by atoms with Crippen LogP contribution in [-0.2, 0) is 11.2 Å². The first-order valence-corrected chi connectivity index (χ1v) is 9.86. The average Bonchev–Trinajstić information content (AvgIpc) is 3.14. The molecule has 3 amide bonds. The lowest BCUT2D eigenvalue weighted by Gasteiger charge is -2.31. The zero-order valence-corrected chi connectivity index (χ0v) is 16.0. The summed E-state index contributed by atoms with van der Waals surface area (Å²) in [6.07, 6.45) is 2.15. The van der Waals surface area contributed by atoms with Crippen LogP contribution in [0.2, 0.25) is 0 Å². The van der Waals surface area contributed by atoms with Gasteiger partial charge in [0.05, 0.1) is 12.5 Å². The number of nitrogens with one attached hydrogen (secondary N) is 1. The molecule has 1 aliphatic rings. The van der Waals surface area contributed by atoms with Gasteiger partial charge in [-0.3, -0.25) is 4.79 Å². The molecule has 0 aliphatic carbocycles. The quantitative estimate of drug-likeness (QED) is 0.835. The molecule has 1 aromatic carbocycles. The van der Waals surface area contributed by atoms with Crippen LogP contribution < -0.4 is 16.0 Å². The zero-order valence-electron chi connectivity index (χ0n) is 15.2. The SMILES string of the molecule is CC(C)c1ccc2c(c1)CCCN2C(=O)CC(NC(N)=O)c1cccs1. The lowest BCUT2D eigenvalue weighted by atomic mass is 9.94. The van der Waals surface area contributed by atoms with Gasteiger partial charge in [0.15, 0.2) is 0 Å². The van der Waals surface area contributed by atoms with E-state index in [1.165, 1.54) is 22.5 Å². The molecule has 26 heavy (non-hydrogen) atoms. The van der Waals surface area contributed by atoms with E-state index in [1.54, 1.807) is 0 Å². The number of hydrogen-bond acceptors (Lipinski definition) is 3. The molecular weight excluding hydrogens is 346 g/mol. The number of nitrogens with two attached hydrogens (primary N) is 1. The molecule has 1 unspecified atom stereocenters. The normalized spacial score (nSPS) is 14.8. The molecule has 0 saturated carbocycles. The second-order valence-electron chi connectivity index (χ2n) is 6.97. The number of benzene rings is 1. The first-order valence-electron chi connectivity index (χ1n) is 8.98. The first-order chi connectivity index (χ1) is 12.5. The summed E-state index contributed by atoms with van der Waals surface area (Å²) < 4.78 is 0. The molecule has 2 heterocycles. The van der Waals surface area contributed by atoms with E-state index in [2.05, 4.69) is 37.4 Å². The van der Waals surface area contributed by atoms with E-state index in [-0.39, 0.29) is 18.4 Å². The maximum absolute atomic E-state index is 13.0. The van der Waals surface area contributed by atoms with Gasteiger partial charge in [0, 0.05) is 17.1 Å². The summed E-state index contributed by atoms with van der Waals surface area (Å²) >= 11 is 1.51. The van der Waals surface area contributed by atoms with Crippen LogP contribution in [0.1, 0.15) is 54.7 Å². The van der Waals surface area contributed by atoms with Crippen LogP contribution in [0.5, 0.6) is 0 Å². The topological polar surface area (TPSA) is 75.4 Å². The summed E-state index contributed by atoms with van der Waals surface area (Å²) in [5.41, 5.74) is 8.82. The van der Waals surface area contributed by atoms with Crippen molar-refractivity contribution in [1.82, 2.24) is 5.32 Å². The maximum Gasteiger partial charge on any atom is 0.312 e. The highest BCUT2D eigenvalue weighted by Crippen LogP contribution is 2.32. The van der Waals surface area contributed by atoms with Crippen molar-refractivity contribution >= 4 is 29.0 Å². The third-order valence-corrected chi connectivity index (χ3v) is 5.76. The largest absolute Gasteiger partial charge is 0.352 e. The number of rotatable bonds is 5. The molecule has 0 radical (unpaired) electrons. The number of aryl methyl sites for hydroxylation is 1. The van der Waals surface area contributed by atoms with Crippen molar-refractivity contribution in [3.63, 3.8) is 0 Å². The molecule has 3 N–H and O–H groups in total. The Morgan fingerprint density at radius 2 is 2.12 bits per heavy atom. The highest BCUT2D eigenvalue weighted by Gasteiger charge is 2.26. The Balaban J connectivity index is 1.81. The molecule has 0 bridgehead atoms. The Morgan fingerprint density at radius 1 is 1.31 bits per heavy atom. The predicted octanol–water partition coefficient (Wildman–Crippen LogP) is 3.95. The molecule has 1 aliphatic heterocycles. The summed E-state index contributed by atoms with van der Waals surface area (Å²) in [4.78, 5) is 27.1. The average molecular weight is 372 g/mol. The van der Waals surface area contributed by atoms with Crippen LogP contribution in [0.15, 0.2) is 35.7 Å². The highest BCUT2D eigenvalue weighted by molar-refractivity contribution is 7.10.